The number of thiophene rings is 1. The summed E-state index contributed by atoms with van der Waals surface area (Å²) in [5, 5.41) is 5.51. The number of fused-ring (bicyclic) bond motifs is 1. The number of hydrogen-bond acceptors (Lipinski definition) is 6. The van der Waals surface area contributed by atoms with Crippen LogP contribution in [0.4, 0.5) is 0 Å². The number of carbonyl (C=O) groups excluding carboxylic acids is 1. The topological polar surface area (TPSA) is 63.9 Å². The molecule has 0 unspecified atom stereocenters. The van der Waals surface area contributed by atoms with E-state index < -0.39 is 0 Å². The molecule has 0 aromatic carbocycles. The van der Waals surface area contributed by atoms with Crippen LogP contribution in [0.5, 0.6) is 0 Å². The second-order valence-electron chi connectivity index (χ2n) is 8.90. The summed E-state index contributed by atoms with van der Waals surface area (Å²) in [6.07, 6.45) is 6.40. The molecule has 0 spiro atoms. The number of hydrogen-bond donors (Lipinski definition) is 0. The molecule has 4 aromatic heterocycles. The molecule has 1 aliphatic rings. The number of ketones is 1. The van der Waals surface area contributed by atoms with Crippen molar-refractivity contribution in [2.45, 2.75) is 32.6 Å². The molecule has 0 radical (unpaired) electrons. The monoisotopic (exact) mass is 445 g/mol. The zero-order chi connectivity index (χ0) is 22.2. The van der Waals surface area contributed by atoms with Gasteiger partial charge in [-0.3, -0.25) is 14.8 Å². The van der Waals surface area contributed by atoms with Gasteiger partial charge >= 0.3 is 0 Å². The molecule has 0 N–H and O–H groups in total. The van der Waals surface area contributed by atoms with Crippen molar-refractivity contribution in [3.8, 4) is 5.69 Å². The van der Waals surface area contributed by atoms with E-state index >= 15 is 0 Å². The van der Waals surface area contributed by atoms with Crippen LogP contribution in [-0.4, -0.2) is 50.6 Å². The second-order valence-corrected chi connectivity index (χ2v) is 10.2. The highest BCUT2D eigenvalue weighted by Crippen LogP contribution is 2.37. The standard InChI is InChI=1S/C25H27N5OS/c1-16-8-21(6-7-26-16)30-24-13-27-20(9-18(24)12-28-30)11-22(31)10-19-14-29(3)15-23(19)25-5-4-17(2)32-25/h4-9,12-13,19,23H,10-11,14-15H2,1-3H3/t19-,23-/m1/s1. The number of Topliss-reactive ketones (excluding diaryl/α,β-unsaturated/α-hetero) is 1. The predicted octanol–water partition coefficient (Wildman–Crippen LogP) is 4.34. The van der Waals surface area contributed by atoms with Crippen molar-refractivity contribution in [3.63, 3.8) is 0 Å². The molecule has 1 fully saturated rings. The fourth-order valence-corrected chi connectivity index (χ4v) is 5.83. The average Bonchev–Trinajstić information content (AvgIpc) is 3.46. The van der Waals surface area contributed by atoms with Crippen molar-refractivity contribution in [1.29, 1.82) is 0 Å². The van der Waals surface area contributed by atoms with Crippen molar-refractivity contribution in [2.24, 2.45) is 5.92 Å². The Bertz CT molecular complexity index is 1280. The van der Waals surface area contributed by atoms with Crippen molar-refractivity contribution < 1.29 is 4.79 Å². The minimum absolute atomic E-state index is 0.257. The van der Waals surface area contributed by atoms with Gasteiger partial charge in [0.05, 0.1) is 23.6 Å². The third-order valence-electron chi connectivity index (χ3n) is 6.25. The van der Waals surface area contributed by atoms with Crippen LogP contribution in [0.3, 0.4) is 0 Å². The minimum atomic E-state index is 0.257. The number of carbonyl (C=O) groups is 1. The molecule has 0 amide bonds. The van der Waals surface area contributed by atoms with Crippen LogP contribution in [0, 0.1) is 19.8 Å². The first-order valence-corrected chi connectivity index (χ1v) is 11.8. The Morgan fingerprint density at radius 1 is 1.12 bits per heavy atom. The lowest BCUT2D eigenvalue weighted by Gasteiger charge is -2.16. The molecule has 32 heavy (non-hydrogen) atoms. The van der Waals surface area contributed by atoms with E-state index in [9.17, 15) is 4.79 Å². The van der Waals surface area contributed by atoms with Gasteiger partial charge < -0.3 is 4.90 Å². The highest BCUT2D eigenvalue weighted by molar-refractivity contribution is 7.12. The van der Waals surface area contributed by atoms with Gasteiger partial charge in [-0.05, 0) is 57.1 Å². The van der Waals surface area contributed by atoms with Gasteiger partial charge in [-0.1, -0.05) is 0 Å². The van der Waals surface area contributed by atoms with E-state index in [0.717, 1.165) is 41.1 Å². The van der Waals surface area contributed by atoms with E-state index in [0.29, 0.717) is 24.7 Å². The number of rotatable bonds is 6. The van der Waals surface area contributed by atoms with E-state index in [4.69, 9.17) is 0 Å². The van der Waals surface area contributed by atoms with Crippen LogP contribution in [0.15, 0.2) is 48.9 Å². The predicted molar refractivity (Wildman–Crippen MR) is 128 cm³/mol. The largest absolute Gasteiger partial charge is 0.305 e. The van der Waals surface area contributed by atoms with Gasteiger partial charge in [0.15, 0.2) is 0 Å². The molecule has 0 aliphatic carbocycles. The Morgan fingerprint density at radius 3 is 2.78 bits per heavy atom. The summed E-state index contributed by atoms with van der Waals surface area (Å²) in [6, 6.07) is 10.3. The highest BCUT2D eigenvalue weighted by atomic mass is 32.1. The lowest BCUT2D eigenvalue weighted by atomic mass is 9.89. The normalized spacial score (nSPS) is 19.1. The maximum absolute atomic E-state index is 13.0. The molecule has 6 nitrogen and oxygen atoms in total. The van der Waals surface area contributed by atoms with Gasteiger partial charge in [-0.25, -0.2) is 4.68 Å². The van der Waals surface area contributed by atoms with Crippen molar-refractivity contribution >= 4 is 28.0 Å². The molecular weight excluding hydrogens is 418 g/mol. The van der Waals surface area contributed by atoms with E-state index in [1.807, 2.05) is 53.5 Å². The SMILES string of the molecule is Cc1cc(-n2ncc3cc(CC(=O)C[C@@H]4CN(C)C[C@H]4c4ccc(C)s4)ncc32)ccn1. The number of likely N-dealkylation sites (N-methyl/N-ethyl adjacent to an activating group) is 1. The molecule has 5 rings (SSSR count). The first kappa shape index (κ1) is 21.0. The summed E-state index contributed by atoms with van der Waals surface area (Å²) in [5.74, 6) is 1.07. The Morgan fingerprint density at radius 2 is 2.00 bits per heavy atom. The molecule has 164 valence electrons. The molecule has 5 heterocycles. The highest BCUT2D eigenvalue weighted by Gasteiger charge is 2.34. The first-order chi connectivity index (χ1) is 15.5. The third-order valence-corrected chi connectivity index (χ3v) is 7.39. The second kappa shape index (κ2) is 8.56. The van der Waals surface area contributed by atoms with Crippen LogP contribution in [-0.2, 0) is 11.2 Å². The maximum atomic E-state index is 13.0. The van der Waals surface area contributed by atoms with Gasteiger partial charge in [-0.2, -0.15) is 5.10 Å². The fourth-order valence-electron chi connectivity index (χ4n) is 4.77. The average molecular weight is 446 g/mol. The van der Waals surface area contributed by atoms with Crippen LogP contribution in [0.2, 0.25) is 0 Å². The molecule has 1 aliphatic heterocycles. The van der Waals surface area contributed by atoms with Crippen LogP contribution >= 0.6 is 11.3 Å². The Hall–Kier alpha value is -2.90. The van der Waals surface area contributed by atoms with Gasteiger partial charge in [0.1, 0.15) is 5.78 Å². The number of aryl methyl sites for hydroxylation is 2. The third kappa shape index (κ3) is 4.23. The number of pyridine rings is 2. The van der Waals surface area contributed by atoms with E-state index in [2.05, 4.69) is 46.1 Å². The molecule has 0 saturated carbocycles. The quantitative estimate of drug-likeness (QED) is 0.442. The molecule has 7 heteroatoms. The van der Waals surface area contributed by atoms with Gasteiger partial charge in [0, 0.05) is 64.6 Å². The van der Waals surface area contributed by atoms with Gasteiger partial charge in [-0.15, -0.1) is 11.3 Å². The molecule has 1 saturated heterocycles. The van der Waals surface area contributed by atoms with E-state index in [1.54, 1.807) is 6.20 Å². The number of nitrogens with zero attached hydrogens (tertiary/aromatic N) is 5. The summed E-state index contributed by atoms with van der Waals surface area (Å²) >= 11 is 1.86. The van der Waals surface area contributed by atoms with Crippen molar-refractivity contribution in [2.75, 3.05) is 20.1 Å². The Kier molecular flexibility index (Phi) is 5.61. The molecule has 4 aromatic rings. The van der Waals surface area contributed by atoms with Crippen molar-refractivity contribution in [3.05, 3.63) is 70.1 Å². The molecule has 0 bridgehead atoms. The lowest BCUT2D eigenvalue weighted by Crippen LogP contribution is -2.17. The summed E-state index contributed by atoms with van der Waals surface area (Å²) in [5.41, 5.74) is 3.63. The summed E-state index contributed by atoms with van der Waals surface area (Å²) in [7, 11) is 2.15. The maximum Gasteiger partial charge on any atom is 0.139 e. The number of likely N-dealkylation sites (tertiary alicyclic amines) is 1. The zero-order valence-corrected chi connectivity index (χ0v) is 19.5. The van der Waals surface area contributed by atoms with Crippen molar-refractivity contribution in [1.82, 2.24) is 24.6 Å². The molecule has 2 atom stereocenters. The smallest absolute Gasteiger partial charge is 0.139 e. The van der Waals surface area contributed by atoms with Crippen LogP contribution in [0.25, 0.3) is 16.6 Å². The zero-order valence-electron chi connectivity index (χ0n) is 18.7. The summed E-state index contributed by atoms with van der Waals surface area (Å²) in [6.45, 7) is 6.10. The van der Waals surface area contributed by atoms with Gasteiger partial charge in [0.25, 0.3) is 0 Å². The minimum Gasteiger partial charge on any atom is -0.305 e. The fraction of sp³-hybridized carbons (Fsp3) is 0.360. The summed E-state index contributed by atoms with van der Waals surface area (Å²) < 4.78 is 1.87. The first-order valence-electron chi connectivity index (χ1n) is 11.0. The van der Waals surface area contributed by atoms with Gasteiger partial charge in [0.2, 0.25) is 0 Å². The Balaban J connectivity index is 1.30. The van der Waals surface area contributed by atoms with E-state index in [-0.39, 0.29) is 5.78 Å². The number of aromatic nitrogens is 4. The van der Waals surface area contributed by atoms with Crippen LogP contribution in [0.1, 0.15) is 33.5 Å². The van der Waals surface area contributed by atoms with E-state index in [1.165, 1.54) is 9.75 Å². The lowest BCUT2D eigenvalue weighted by molar-refractivity contribution is -0.119. The molecular formula is C25H27N5OS. The van der Waals surface area contributed by atoms with Crippen LogP contribution < -0.4 is 0 Å². The Labute approximate surface area is 191 Å². The summed E-state index contributed by atoms with van der Waals surface area (Å²) in [4.78, 5) is 26.9.